The van der Waals surface area contributed by atoms with Crippen molar-refractivity contribution in [2.24, 2.45) is 0 Å². The summed E-state index contributed by atoms with van der Waals surface area (Å²) in [6.07, 6.45) is 0. The predicted molar refractivity (Wildman–Crippen MR) is 72.3 cm³/mol. The Kier molecular flexibility index (Phi) is 4.48. The molecule has 2 rings (SSSR count). The number of Topliss-reactive ketones (excluding diaryl/α,β-unsaturated/α-hetero) is 1. The first-order chi connectivity index (χ1) is 8.59. The highest BCUT2D eigenvalue weighted by Crippen LogP contribution is 2.18. The fraction of sp³-hybridized carbons (Fsp3) is 0.462. The minimum absolute atomic E-state index is 0.157. The van der Waals surface area contributed by atoms with Crippen molar-refractivity contribution >= 4 is 21.7 Å². The van der Waals surface area contributed by atoms with Gasteiger partial charge in [-0.1, -0.05) is 15.9 Å². The third-order valence-electron chi connectivity index (χ3n) is 3.27. The van der Waals surface area contributed by atoms with Crippen molar-refractivity contribution in [2.75, 3.05) is 26.2 Å². The van der Waals surface area contributed by atoms with Crippen molar-refractivity contribution in [3.05, 3.63) is 34.1 Å². The fourth-order valence-electron chi connectivity index (χ4n) is 2.15. The lowest BCUT2D eigenvalue weighted by atomic mass is 10.0. The number of rotatable bonds is 3. The molecule has 98 valence electrons. The van der Waals surface area contributed by atoms with Crippen LogP contribution in [0.1, 0.15) is 17.3 Å². The van der Waals surface area contributed by atoms with Gasteiger partial charge in [0, 0.05) is 30.7 Å². The van der Waals surface area contributed by atoms with E-state index >= 15 is 0 Å². The molecule has 1 saturated heterocycles. The number of carbonyl (C=O) groups is 1. The van der Waals surface area contributed by atoms with Crippen LogP contribution in [0.4, 0.5) is 4.39 Å². The van der Waals surface area contributed by atoms with Crippen molar-refractivity contribution in [3.8, 4) is 0 Å². The largest absolute Gasteiger partial charge is 0.314 e. The second kappa shape index (κ2) is 5.91. The first-order valence-electron chi connectivity index (χ1n) is 6.03. The van der Waals surface area contributed by atoms with Crippen molar-refractivity contribution in [3.63, 3.8) is 0 Å². The Hall–Kier alpha value is -0.780. The number of ketones is 1. The Morgan fingerprint density at radius 3 is 2.78 bits per heavy atom. The summed E-state index contributed by atoms with van der Waals surface area (Å²) in [6, 6.07) is 4.19. The normalized spacial score (nSPS) is 18.6. The molecule has 1 heterocycles. The topological polar surface area (TPSA) is 32.3 Å². The third kappa shape index (κ3) is 2.96. The van der Waals surface area contributed by atoms with Crippen LogP contribution in [-0.4, -0.2) is 42.9 Å². The van der Waals surface area contributed by atoms with Crippen LogP contribution in [0.25, 0.3) is 0 Å². The maximum Gasteiger partial charge on any atom is 0.182 e. The maximum atomic E-state index is 13.7. The summed E-state index contributed by atoms with van der Waals surface area (Å²) < 4.78 is 14.4. The van der Waals surface area contributed by atoms with Crippen LogP contribution >= 0.6 is 15.9 Å². The Morgan fingerprint density at radius 1 is 1.44 bits per heavy atom. The summed E-state index contributed by atoms with van der Waals surface area (Å²) in [4.78, 5) is 14.4. The average molecular weight is 315 g/mol. The van der Waals surface area contributed by atoms with E-state index in [1.54, 1.807) is 12.1 Å². The fourth-order valence-corrected chi connectivity index (χ4v) is 2.51. The van der Waals surface area contributed by atoms with Crippen LogP contribution in [0.15, 0.2) is 22.7 Å². The van der Waals surface area contributed by atoms with E-state index in [1.807, 2.05) is 6.92 Å². The van der Waals surface area contributed by atoms with Crippen molar-refractivity contribution < 1.29 is 9.18 Å². The Morgan fingerprint density at radius 2 is 2.11 bits per heavy atom. The summed E-state index contributed by atoms with van der Waals surface area (Å²) in [5, 5.41) is 3.23. The van der Waals surface area contributed by atoms with Gasteiger partial charge in [-0.2, -0.15) is 0 Å². The molecule has 1 N–H and O–H groups in total. The monoisotopic (exact) mass is 314 g/mol. The molecule has 1 aliphatic heterocycles. The summed E-state index contributed by atoms with van der Waals surface area (Å²) in [5.41, 5.74) is 0.162. The third-order valence-corrected chi connectivity index (χ3v) is 3.77. The van der Waals surface area contributed by atoms with Gasteiger partial charge in [0.15, 0.2) is 5.78 Å². The standard InChI is InChI=1S/C13H16BrFN2O/c1-9(17-6-4-16-5-7-17)13(18)11-8-10(14)2-3-12(11)15/h2-3,8-9,16H,4-7H2,1H3. The van der Waals surface area contributed by atoms with Gasteiger partial charge in [0.1, 0.15) is 5.82 Å². The van der Waals surface area contributed by atoms with E-state index in [0.717, 1.165) is 30.7 Å². The van der Waals surface area contributed by atoms with Crippen LogP contribution in [-0.2, 0) is 0 Å². The number of halogens is 2. The summed E-state index contributed by atoms with van der Waals surface area (Å²) in [5.74, 6) is -0.610. The van der Waals surface area contributed by atoms with Gasteiger partial charge in [0.25, 0.3) is 0 Å². The molecule has 1 unspecified atom stereocenters. The van der Waals surface area contributed by atoms with Crippen LogP contribution in [0.3, 0.4) is 0 Å². The number of nitrogens with zero attached hydrogens (tertiary/aromatic N) is 1. The Balaban J connectivity index is 2.16. The highest BCUT2D eigenvalue weighted by Gasteiger charge is 2.25. The first-order valence-corrected chi connectivity index (χ1v) is 6.83. The van der Waals surface area contributed by atoms with Gasteiger partial charge < -0.3 is 5.32 Å². The van der Waals surface area contributed by atoms with E-state index in [4.69, 9.17) is 0 Å². The van der Waals surface area contributed by atoms with Gasteiger partial charge in [-0.3, -0.25) is 9.69 Å². The molecule has 1 aromatic carbocycles. The molecule has 0 aromatic heterocycles. The minimum Gasteiger partial charge on any atom is -0.314 e. The Labute approximate surface area is 114 Å². The van der Waals surface area contributed by atoms with Crippen LogP contribution < -0.4 is 5.32 Å². The second-order valence-electron chi connectivity index (χ2n) is 4.45. The zero-order chi connectivity index (χ0) is 13.1. The van der Waals surface area contributed by atoms with E-state index < -0.39 is 5.82 Å². The van der Waals surface area contributed by atoms with Crippen molar-refractivity contribution in [2.45, 2.75) is 13.0 Å². The molecular formula is C13H16BrFN2O. The zero-order valence-corrected chi connectivity index (χ0v) is 11.8. The molecule has 0 amide bonds. The highest BCUT2D eigenvalue weighted by molar-refractivity contribution is 9.10. The lowest BCUT2D eigenvalue weighted by Gasteiger charge is -2.31. The molecule has 0 saturated carbocycles. The molecule has 1 aromatic rings. The summed E-state index contributed by atoms with van der Waals surface area (Å²) in [7, 11) is 0. The van der Waals surface area contributed by atoms with Gasteiger partial charge in [-0.25, -0.2) is 4.39 Å². The molecule has 1 aliphatic rings. The summed E-state index contributed by atoms with van der Waals surface area (Å²) in [6.45, 7) is 5.23. The quantitative estimate of drug-likeness (QED) is 0.867. The number of hydrogen-bond acceptors (Lipinski definition) is 3. The number of nitrogens with one attached hydrogen (secondary N) is 1. The number of piperazine rings is 1. The molecule has 0 spiro atoms. The smallest absolute Gasteiger partial charge is 0.182 e. The predicted octanol–water partition coefficient (Wildman–Crippen LogP) is 2.06. The molecule has 18 heavy (non-hydrogen) atoms. The number of carbonyl (C=O) groups excluding carboxylic acids is 1. The van der Waals surface area contributed by atoms with E-state index in [-0.39, 0.29) is 17.4 Å². The molecule has 1 atom stereocenters. The van der Waals surface area contributed by atoms with Gasteiger partial charge in [0.05, 0.1) is 11.6 Å². The molecule has 3 nitrogen and oxygen atoms in total. The van der Waals surface area contributed by atoms with Crippen LogP contribution in [0, 0.1) is 5.82 Å². The SMILES string of the molecule is CC(C(=O)c1cc(Br)ccc1F)N1CCNCC1. The van der Waals surface area contributed by atoms with E-state index in [2.05, 4.69) is 26.1 Å². The lowest BCUT2D eigenvalue weighted by Crippen LogP contribution is -2.50. The van der Waals surface area contributed by atoms with E-state index in [0.29, 0.717) is 0 Å². The Bertz CT molecular complexity index is 447. The van der Waals surface area contributed by atoms with E-state index in [1.165, 1.54) is 6.07 Å². The minimum atomic E-state index is -0.454. The van der Waals surface area contributed by atoms with Crippen molar-refractivity contribution in [1.82, 2.24) is 10.2 Å². The van der Waals surface area contributed by atoms with Crippen molar-refractivity contribution in [1.29, 1.82) is 0 Å². The van der Waals surface area contributed by atoms with Gasteiger partial charge in [-0.05, 0) is 25.1 Å². The molecule has 5 heteroatoms. The van der Waals surface area contributed by atoms with Crippen LogP contribution in [0.2, 0.25) is 0 Å². The summed E-state index contributed by atoms with van der Waals surface area (Å²) >= 11 is 3.27. The molecular weight excluding hydrogens is 299 g/mol. The van der Waals surface area contributed by atoms with Gasteiger partial charge >= 0.3 is 0 Å². The lowest BCUT2D eigenvalue weighted by molar-refractivity contribution is 0.0816. The van der Waals surface area contributed by atoms with E-state index in [9.17, 15) is 9.18 Å². The van der Waals surface area contributed by atoms with Crippen LogP contribution in [0.5, 0.6) is 0 Å². The average Bonchev–Trinajstić information content (AvgIpc) is 2.41. The highest BCUT2D eigenvalue weighted by atomic mass is 79.9. The molecule has 0 radical (unpaired) electrons. The zero-order valence-electron chi connectivity index (χ0n) is 10.2. The number of benzene rings is 1. The molecule has 0 aliphatic carbocycles. The van der Waals surface area contributed by atoms with Gasteiger partial charge in [-0.15, -0.1) is 0 Å². The maximum absolute atomic E-state index is 13.7. The number of hydrogen-bond donors (Lipinski definition) is 1. The molecule has 1 fully saturated rings. The second-order valence-corrected chi connectivity index (χ2v) is 5.37. The molecule has 0 bridgehead atoms. The first kappa shape index (κ1) is 13.6. The van der Waals surface area contributed by atoms with Gasteiger partial charge in [0.2, 0.25) is 0 Å².